The van der Waals surface area contributed by atoms with Crippen LogP contribution in [0.2, 0.25) is 0 Å². The van der Waals surface area contributed by atoms with Gasteiger partial charge in [0.2, 0.25) is 0 Å². The van der Waals surface area contributed by atoms with E-state index >= 15 is 0 Å². The number of rotatable bonds is 6. The first kappa shape index (κ1) is 11.9. The highest BCUT2D eigenvalue weighted by molar-refractivity contribution is 5.70. The van der Waals surface area contributed by atoms with Gasteiger partial charge in [0.1, 0.15) is 12.7 Å². The summed E-state index contributed by atoms with van der Waals surface area (Å²) in [6, 6.07) is 7.93. The number of carbonyl (C=O) groups is 1. The van der Waals surface area contributed by atoms with E-state index in [0.29, 0.717) is 26.1 Å². The predicted octanol–water partition coefficient (Wildman–Crippen LogP) is 2.20. The SMILES string of the molecule is C=Cc1ccccc1CCC(=O)OCC1CO1. The van der Waals surface area contributed by atoms with Gasteiger partial charge in [-0.05, 0) is 17.5 Å². The van der Waals surface area contributed by atoms with Crippen molar-refractivity contribution >= 4 is 12.0 Å². The first-order valence-corrected chi connectivity index (χ1v) is 5.77. The molecule has 0 aliphatic carbocycles. The van der Waals surface area contributed by atoms with Gasteiger partial charge in [0.25, 0.3) is 0 Å². The van der Waals surface area contributed by atoms with E-state index in [0.717, 1.165) is 11.1 Å². The van der Waals surface area contributed by atoms with Crippen LogP contribution in [0.1, 0.15) is 17.5 Å². The minimum atomic E-state index is -0.167. The maximum absolute atomic E-state index is 11.4. The lowest BCUT2D eigenvalue weighted by Crippen LogP contribution is -2.10. The average molecular weight is 232 g/mol. The van der Waals surface area contributed by atoms with Crippen molar-refractivity contribution in [2.75, 3.05) is 13.2 Å². The normalized spacial score (nSPS) is 17.5. The van der Waals surface area contributed by atoms with Crippen molar-refractivity contribution in [1.29, 1.82) is 0 Å². The molecule has 0 bridgehead atoms. The van der Waals surface area contributed by atoms with E-state index in [1.54, 1.807) is 6.08 Å². The maximum atomic E-state index is 11.4. The van der Waals surface area contributed by atoms with Crippen molar-refractivity contribution in [2.45, 2.75) is 18.9 Å². The molecule has 3 nitrogen and oxygen atoms in total. The second-order valence-corrected chi connectivity index (χ2v) is 4.04. The smallest absolute Gasteiger partial charge is 0.306 e. The fourth-order valence-corrected chi connectivity index (χ4v) is 1.62. The van der Waals surface area contributed by atoms with Crippen molar-refractivity contribution in [2.24, 2.45) is 0 Å². The first-order chi connectivity index (χ1) is 8.29. The fraction of sp³-hybridized carbons (Fsp3) is 0.357. The summed E-state index contributed by atoms with van der Waals surface area (Å²) in [7, 11) is 0. The number of hydrogen-bond donors (Lipinski definition) is 0. The molecule has 0 radical (unpaired) electrons. The number of carbonyl (C=O) groups excluding carboxylic acids is 1. The number of ether oxygens (including phenoxy) is 2. The number of esters is 1. The van der Waals surface area contributed by atoms with Crippen LogP contribution < -0.4 is 0 Å². The summed E-state index contributed by atoms with van der Waals surface area (Å²) in [6.07, 6.45) is 3.03. The summed E-state index contributed by atoms with van der Waals surface area (Å²) in [6.45, 7) is 4.86. The Morgan fingerprint density at radius 2 is 2.29 bits per heavy atom. The van der Waals surface area contributed by atoms with Crippen LogP contribution in [0, 0.1) is 0 Å². The first-order valence-electron chi connectivity index (χ1n) is 5.77. The summed E-state index contributed by atoms with van der Waals surface area (Å²) < 4.78 is 10.0. The zero-order valence-electron chi connectivity index (χ0n) is 9.72. The van der Waals surface area contributed by atoms with E-state index < -0.39 is 0 Å². The van der Waals surface area contributed by atoms with E-state index in [1.165, 1.54) is 0 Å². The molecule has 0 amide bonds. The van der Waals surface area contributed by atoms with Gasteiger partial charge < -0.3 is 9.47 Å². The Labute approximate surface area is 101 Å². The van der Waals surface area contributed by atoms with E-state index in [4.69, 9.17) is 9.47 Å². The van der Waals surface area contributed by atoms with Gasteiger partial charge in [0.05, 0.1) is 6.61 Å². The van der Waals surface area contributed by atoms with Gasteiger partial charge >= 0.3 is 5.97 Å². The lowest BCUT2D eigenvalue weighted by Gasteiger charge is -2.05. The Morgan fingerprint density at radius 3 is 3.00 bits per heavy atom. The minimum absolute atomic E-state index is 0.138. The Morgan fingerprint density at radius 1 is 1.53 bits per heavy atom. The lowest BCUT2D eigenvalue weighted by molar-refractivity contribution is -0.144. The Bertz CT molecular complexity index is 408. The molecule has 2 rings (SSSR count). The van der Waals surface area contributed by atoms with Gasteiger partial charge in [0, 0.05) is 6.42 Å². The van der Waals surface area contributed by atoms with Crippen LogP contribution in [0.4, 0.5) is 0 Å². The summed E-state index contributed by atoms with van der Waals surface area (Å²) in [5, 5.41) is 0. The molecule has 1 saturated heterocycles. The molecule has 1 aromatic carbocycles. The Balaban J connectivity index is 1.79. The number of benzene rings is 1. The van der Waals surface area contributed by atoms with Gasteiger partial charge in [-0.25, -0.2) is 0 Å². The van der Waals surface area contributed by atoms with Crippen molar-refractivity contribution in [3.8, 4) is 0 Å². The van der Waals surface area contributed by atoms with Crippen LogP contribution in [-0.4, -0.2) is 25.3 Å². The minimum Gasteiger partial charge on any atom is -0.463 e. The molecule has 3 heteroatoms. The lowest BCUT2D eigenvalue weighted by atomic mass is 10.0. The highest BCUT2D eigenvalue weighted by Gasteiger charge is 2.24. The monoisotopic (exact) mass is 232 g/mol. The van der Waals surface area contributed by atoms with Gasteiger partial charge in [-0.15, -0.1) is 0 Å². The molecule has 1 atom stereocenters. The van der Waals surface area contributed by atoms with Crippen LogP contribution in [0.3, 0.4) is 0 Å². The zero-order chi connectivity index (χ0) is 12.1. The molecule has 0 spiro atoms. The summed E-state index contributed by atoms with van der Waals surface area (Å²) >= 11 is 0. The third kappa shape index (κ3) is 3.71. The molecule has 1 aromatic rings. The Kier molecular flexibility index (Phi) is 3.94. The molecule has 1 aliphatic rings. The molecule has 1 aliphatic heterocycles. The predicted molar refractivity (Wildman–Crippen MR) is 65.6 cm³/mol. The molecular formula is C14H16O3. The Hall–Kier alpha value is -1.61. The summed E-state index contributed by atoms with van der Waals surface area (Å²) in [5.74, 6) is -0.167. The number of epoxide rings is 1. The van der Waals surface area contributed by atoms with Gasteiger partial charge in [-0.2, -0.15) is 0 Å². The molecule has 1 heterocycles. The molecule has 1 fully saturated rings. The third-order valence-corrected chi connectivity index (χ3v) is 2.71. The standard InChI is InChI=1S/C14H16O3/c1-2-11-5-3-4-6-12(11)7-8-14(15)17-10-13-9-16-13/h2-6,13H,1,7-10H2. The molecule has 0 saturated carbocycles. The summed E-state index contributed by atoms with van der Waals surface area (Å²) in [5.41, 5.74) is 2.20. The third-order valence-electron chi connectivity index (χ3n) is 2.71. The number of hydrogen-bond acceptors (Lipinski definition) is 3. The molecule has 1 unspecified atom stereocenters. The fourth-order valence-electron chi connectivity index (χ4n) is 1.62. The van der Waals surface area contributed by atoms with Crippen LogP contribution in [-0.2, 0) is 20.7 Å². The van der Waals surface area contributed by atoms with Gasteiger partial charge in [-0.3, -0.25) is 4.79 Å². The van der Waals surface area contributed by atoms with Crippen LogP contribution >= 0.6 is 0 Å². The van der Waals surface area contributed by atoms with Crippen LogP contribution in [0.25, 0.3) is 6.08 Å². The van der Waals surface area contributed by atoms with Gasteiger partial charge in [0.15, 0.2) is 0 Å². The van der Waals surface area contributed by atoms with E-state index in [1.807, 2.05) is 24.3 Å². The largest absolute Gasteiger partial charge is 0.463 e. The average Bonchev–Trinajstić information content (AvgIpc) is 3.18. The van der Waals surface area contributed by atoms with Crippen molar-refractivity contribution in [1.82, 2.24) is 0 Å². The molecule has 0 N–H and O–H groups in total. The second kappa shape index (κ2) is 5.64. The van der Waals surface area contributed by atoms with Crippen LogP contribution in [0.15, 0.2) is 30.8 Å². The molecule has 90 valence electrons. The van der Waals surface area contributed by atoms with Gasteiger partial charge in [-0.1, -0.05) is 36.9 Å². The van der Waals surface area contributed by atoms with Crippen molar-refractivity contribution in [3.63, 3.8) is 0 Å². The molecule has 0 aromatic heterocycles. The van der Waals surface area contributed by atoms with E-state index in [2.05, 4.69) is 6.58 Å². The van der Waals surface area contributed by atoms with Crippen molar-refractivity contribution in [3.05, 3.63) is 42.0 Å². The number of aryl methyl sites for hydroxylation is 1. The van der Waals surface area contributed by atoms with E-state index in [9.17, 15) is 4.79 Å². The highest BCUT2D eigenvalue weighted by atomic mass is 16.6. The molecule has 17 heavy (non-hydrogen) atoms. The summed E-state index contributed by atoms with van der Waals surface area (Å²) in [4.78, 5) is 11.4. The molecular weight excluding hydrogens is 216 g/mol. The highest BCUT2D eigenvalue weighted by Crippen LogP contribution is 2.13. The topological polar surface area (TPSA) is 38.8 Å². The quantitative estimate of drug-likeness (QED) is 0.557. The van der Waals surface area contributed by atoms with E-state index in [-0.39, 0.29) is 12.1 Å². The van der Waals surface area contributed by atoms with Crippen molar-refractivity contribution < 1.29 is 14.3 Å². The second-order valence-electron chi connectivity index (χ2n) is 4.04. The van der Waals surface area contributed by atoms with Crippen LogP contribution in [0.5, 0.6) is 0 Å². The zero-order valence-corrected chi connectivity index (χ0v) is 9.72. The maximum Gasteiger partial charge on any atom is 0.306 e.